The molecule has 0 fully saturated rings. The Morgan fingerprint density at radius 2 is 1.92 bits per heavy atom. The van der Waals surface area contributed by atoms with Crippen molar-refractivity contribution in [1.82, 2.24) is 0 Å². The molecule has 122 valence electrons. The summed E-state index contributed by atoms with van der Waals surface area (Å²) in [6.45, 7) is 4.49. The summed E-state index contributed by atoms with van der Waals surface area (Å²) in [6.07, 6.45) is 0.794. The van der Waals surface area contributed by atoms with Gasteiger partial charge in [-0.3, -0.25) is 0 Å². The number of nitriles is 3. The Hall–Kier alpha value is -3.50. The number of aromatic carboxylic acids is 1. The van der Waals surface area contributed by atoms with E-state index in [1.165, 1.54) is 18.2 Å². The molecule has 0 amide bonds. The van der Waals surface area contributed by atoms with E-state index >= 15 is 0 Å². The van der Waals surface area contributed by atoms with Gasteiger partial charge in [0.15, 0.2) is 5.57 Å². The van der Waals surface area contributed by atoms with Gasteiger partial charge in [-0.2, -0.15) is 15.8 Å². The van der Waals surface area contributed by atoms with E-state index in [1.807, 2.05) is 13.8 Å². The number of carbonyl (C=O) groups is 1. The van der Waals surface area contributed by atoms with Crippen LogP contribution in [0.4, 0.5) is 5.69 Å². The fraction of sp³-hybridized carbons (Fsp3) is 0.294. The summed E-state index contributed by atoms with van der Waals surface area (Å²) in [6, 6.07) is 9.09. The Morgan fingerprint density at radius 1 is 1.25 bits per heavy atom. The minimum absolute atomic E-state index is 0.0125. The predicted molar refractivity (Wildman–Crippen MR) is 85.8 cm³/mol. The molecule has 0 aromatic heterocycles. The number of rotatable bonds is 7. The zero-order chi connectivity index (χ0) is 18.1. The zero-order valence-corrected chi connectivity index (χ0v) is 13.3. The van der Waals surface area contributed by atoms with Crippen LogP contribution >= 0.6 is 0 Å². The van der Waals surface area contributed by atoms with Gasteiger partial charge >= 0.3 is 5.97 Å². The molecule has 0 aliphatic rings. The highest BCUT2D eigenvalue weighted by atomic mass is 16.5. The lowest BCUT2D eigenvalue weighted by Gasteiger charge is -2.14. The van der Waals surface area contributed by atoms with Crippen LogP contribution in [0.25, 0.3) is 0 Å². The summed E-state index contributed by atoms with van der Waals surface area (Å²) in [4.78, 5) is 11.1. The van der Waals surface area contributed by atoms with Gasteiger partial charge < -0.3 is 15.2 Å². The Balaban J connectivity index is 3.22. The zero-order valence-electron chi connectivity index (χ0n) is 13.3. The highest BCUT2D eigenvalue weighted by Gasteiger charge is 2.13. The van der Waals surface area contributed by atoms with Crippen LogP contribution in [0, 0.1) is 39.9 Å². The van der Waals surface area contributed by atoms with Crippen molar-refractivity contribution in [3.05, 3.63) is 35.0 Å². The lowest BCUT2D eigenvalue weighted by atomic mass is 10.1. The number of anilines is 1. The van der Waals surface area contributed by atoms with Gasteiger partial charge in [0.1, 0.15) is 29.7 Å². The van der Waals surface area contributed by atoms with Crippen LogP contribution in [0.3, 0.4) is 0 Å². The van der Waals surface area contributed by atoms with Gasteiger partial charge in [-0.15, -0.1) is 0 Å². The fourth-order valence-corrected chi connectivity index (χ4v) is 1.71. The van der Waals surface area contributed by atoms with Crippen molar-refractivity contribution in [1.29, 1.82) is 15.8 Å². The molecule has 0 radical (unpaired) electrons. The summed E-state index contributed by atoms with van der Waals surface area (Å²) in [5.41, 5.74) is -0.470. The number of hydrogen-bond acceptors (Lipinski definition) is 6. The molecule has 0 aliphatic heterocycles. The molecule has 7 nitrogen and oxygen atoms in total. The molecule has 0 spiro atoms. The maximum Gasteiger partial charge on any atom is 0.335 e. The van der Waals surface area contributed by atoms with E-state index in [4.69, 9.17) is 25.6 Å². The second kappa shape index (κ2) is 8.82. The van der Waals surface area contributed by atoms with Crippen molar-refractivity contribution in [2.75, 3.05) is 11.9 Å². The first-order chi connectivity index (χ1) is 11.4. The average Bonchev–Trinajstić information content (AvgIpc) is 2.55. The normalized spacial score (nSPS) is 9.33. The number of hydrogen-bond donors (Lipinski definition) is 2. The number of ether oxygens (including phenoxy) is 1. The lowest BCUT2D eigenvalue weighted by molar-refractivity contribution is 0.0697. The van der Waals surface area contributed by atoms with Crippen LogP contribution < -0.4 is 10.1 Å². The number of carboxylic acid groups (broad SMARTS) is 1. The average molecular weight is 324 g/mol. The molecular formula is C17H16N4O3. The van der Waals surface area contributed by atoms with Crippen LogP contribution in [0.1, 0.15) is 30.6 Å². The predicted octanol–water partition coefficient (Wildman–Crippen LogP) is 3.05. The van der Waals surface area contributed by atoms with Gasteiger partial charge in [0.05, 0.1) is 17.9 Å². The van der Waals surface area contributed by atoms with E-state index in [2.05, 4.69) is 5.32 Å². The first kappa shape index (κ1) is 18.5. The molecule has 1 rings (SSSR count). The molecule has 2 N–H and O–H groups in total. The SMILES string of the molecule is CC(C)CCOc1ccc(C(=O)O)cc1NC(C#N)=C(C#N)C#N. The molecule has 1 aromatic carbocycles. The van der Waals surface area contributed by atoms with Crippen molar-refractivity contribution >= 4 is 11.7 Å². The quantitative estimate of drug-likeness (QED) is 0.737. The smallest absolute Gasteiger partial charge is 0.335 e. The Morgan fingerprint density at radius 3 is 2.42 bits per heavy atom. The van der Waals surface area contributed by atoms with Crippen LogP contribution in [0.15, 0.2) is 29.5 Å². The van der Waals surface area contributed by atoms with E-state index in [0.29, 0.717) is 18.3 Å². The summed E-state index contributed by atoms with van der Waals surface area (Å²) < 4.78 is 5.62. The Bertz CT molecular complexity index is 760. The largest absolute Gasteiger partial charge is 0.491 e. The highest BCUT2D eigenvalue weighted by molar-refractivity contribution is 5.89. The maximum atomic E-state index is 11.1. The van der Waals surface area contributed by atoms with E-state index < -0.39 is 11.5 Å². The standard InChI is InChI=1S/C17H16N4O3/c1-11(2)5-6-24-16-4-3-12(17(22)23)7-14(16)21-15(10-20)13(8-18)9-19/h3-4,7,11,21H,5-6H2,1-2H3,(H,22,23). The summed E-state index contributed by atoms with van der Waals surface area (Å²) in [5, 5.41) is 38.6. The monoisotopic (exact) mass is 324 g/mol. The molecule has 0 saturated heterocycles. The number of nitrogens with one attached hydrogen (secondary N) is 1. The second-order valence-corrected chi connectivity index (χ2v) is 5.26. The van der Waals surface area contributed by atoms with Crippen molar-refractivity contribution in [2.24, 2.45) is 5.92 Å². The van der Waals surface area contributed by atoms with Gasteiger partial charge in [-0.25, -0.2) is 4.79 Å². The molecular weight excluding hydrogens is 308 g/mol. The third kappa shape index (κ3) is 5.05. The molecule has 0 heterocycles. The van der Waals surface area contributed by atoms with Crippen molar-refractivity contribution in [3.8, 4) is 24.0 Å². The number of allylic oxidation sites excluding steroid dienone is 2. The molecule has 1 aromatic rings. The van der Waals surface area contributed by atoms with Crippen molar-refractivity contribution in [2.45, 2.75) is 20.3 Å². The molecule has 24 heavy (non-hydrogen) atoms. The number of carboxylic acids is 1. The van der Waals surface area contributed by atoms with Gasteiger partial charge in [0.2, 0.25) is 0 Å². The number of benzene rings is 1. The second-order valence-electron chi connectivity index (χ2n) is 5.26. The molecule has 0 aliphatic carbocycles. The minimum Gasteiger partial charge on any atom is -0.491 e. The minimum atomic E-state index is -1.14. The lowest BCUT2D eigenvalue weighted by Crippen LogP contribution is -2.07. The summed E-state index contributed by atoms with van der Waals surface area (Å²) >= 11 is 0. The third-order valence-corrected chi connectivity index (χ3v) is 3.02. The summed E-state index contributed by atoms with van der Waals surface area (Å²) in [5.74, 6) is -0.378. The molecule has 0 unspecified atom stereocenters. The molecule has 0 bridgehead atoms. The fourth-order valence-electron chi connectivity index (χ4n) is 1.71. The van der Waals surface area contributed by atoms with Crippen molar-refractivity contribution in [3.63, 3.8) is 0 Å². The van der Waals surface area contributed by atoms with Gasteiger partial charge in [-0.05, 0) is 30.5 Å². The Labute approximate surface area is 140 Å². The van der Waals surface area contributed by atoms with Gasteiger partial charge in [0.25, 0.3) is 0 Å². The third-order valence-electron chi connectivity index (χ3n) is 3.02. The van der Waals surface area contributed by atoms with Gasteiger partial charge in [0, 0.05) is 0 Å². The van der Waals surface area contributed by atoms with E-state index in [9.17, 15) is 4.79 Å². The highest BCUT2D eigenvalue weighted by Crippen LogP contribution is 2.28. The maximum absolute atomic E-state index is 11.1. The van der Waals surface area contributed by atoms with E-state index in [-0.39, 0.29) is 16.9 Å². The van der Waals surface area contributed by atoms with Crippen molar-refractivity contribution < 1.29 is 14.6 Å². The Kier molecular flexibility index (Phi) is 6.82. The van der Waals surface area contributed by atoms with Crippen LogP contribution in [-0.2, 0) is 0 Å². The van der Waals surface area contributed by atoms with E-state index in [0.717, 1.165) is 6.42 Å². The van der Waals surface area contributed by atoms with Crippen LogP contribution in [-0.4, -0.2) is 17.7 Å². The first-order valence-electron chi connectivity index (χ1n) is 7.14. The molecule has 0 atom stereocenters. The number of nitrogens with zero attached hydrogens (tertiary/aromatic N) is 3. The van der Waals surface area contributed by atoms with E-state index in [1.54, 1.807) is 18.2 Å². The topological polar surface area (TPSA) is 130 Å². The van der Waals surface area contributed by atoms with Gasteiger partial charge in [-0.1, -0.05) is 13.8 Å². The van der Waals surface area contributed by atoms with Crippen LogP contribution in [0.2, 0.25) is 0 Å². The summed E-state index contributed by atoms with van der Waals surface area (Å²) in [7, 11) is 0. The molecule has 7 heteroatoms. The molecule has 0 saturated carbocycles. The first-order valence-corrected chi connectivity index (χ1v) is 7.14. The van der Waals surface area contributed by atoms with Crippen LogP contribution in [0.5, 0.6) is 5.75 Å².